The lowest BCUT2D eigenvalue weighted by Crippen LogP contribution is -2.05. The van der Waals surface area contributed by atoms with Gasteiger partial charge in [-0.15, -0.1) is 0 Å². The fourth-order valence-electron chi connectivity index (χ4n) is 1.34. The number of unbranched alkanes of at least 4 members (excludes halogenated alkanes) is 5. The lowest BCUT2D eigenvalue weighted by molar-refractivity contribution is 0.637. The maximum Gasteiger partial charge on any atom is 0.0314 e. The molecule has 0 aliphatic heterocycles. The number of allylic oxidation sites excluding steroid dienone is 1. The van der Waals surface area contributed by atoms with E-state index in [9.17, 15) is 0 Å². The van der Waals surface area contributed by atoms with Crippen LogP contribution in [-0.2, 0) is 0 Å². The molecule has 1 nitrogen and oxygen atoms in total. The molecule has 0 aromatic rings. The molecule has 0 bridgehead atoms. The van der Waals surface area contributed by atoms with Crippen molar-refractivity contribution in [2.75, 3.05) is 13.1 Å². The van der Waals surface area contributed by atoms with Gasteiger partial charge >= 0.3 is 0 Å². The van der Waals surface area contributed by atoms with Crippen LogP contribution in [0.15, 0.2) is 12.2 Å². The summed E-state index contributed by atoms with van der Waals surface area (Å²) >= 11 is 0. The Balaban J connectivity index is 2.96. The predicted molar refractivity (Wildman–Crippen MR) is 64.7 cm³/mol. The summed E-state index contributed by atoms with van der Waals surface area (Å²) < 4.78 is 0. The third-order valence-corrected chi connectivity index (χ3v) is 2.30. The molecule has 1 heteroatoms. The van der Waals surface area contributed by atoms with Gasteiger partial charge in [-0.05, 0) is 19.3 Å². The summed E-state index contributed by atoms with van der Waals surface area (Å²) in [7, 11) is 0. The van der Waals surface area contributed by atoms with Gasteiger partial charge in [-0.1, -0.05) is 51.7 Å². The van der Waals surface area contributed by atoms with Gasteiger partial charge in [-0.3, -0.25) is 0 Å². The zero-order valence-corrected chi connectivity index (χ0v) is 9.97. The molecular formula is C13H26N. The Hall–Kier alpha value is -0.300. The molecule has 0 spiro atoms. The highest BCUT2D eigenvalue weighted by atomic mass is 14.8. The van der Waals surface area contributed by atoms with E-state index in [1.54, 1.807) is 0 Å². The zero-order valence-electron chi connectivity index (χ0n) is 9.97. The predicted octanol–water partition coefficient (Wildman–Crippen LogP) is 3.92. The Kier molecular flexibility index (Phi) is 12.4. The Morgan fingerprint density at radius 3 is 2.29 bits per heavy atom. The van der Waals surface area contributed by atoms with Gasteiger partial charge in [0.2, 0.25) is 0 Å². The maximum atomic E-state index is 4.44. The van der Waals surface area contributed by atoms with Crippen LogP contribution in [0.3, 0.4) is 0 Å². The van der Waals surface area contributed by atoms with Crippen LogP contribution >= 0.6 is 0 Å². The van der Waals surface area contributed by atoms with Crippen molar-refractivity contribution >= 4 is 0 Å². The first-order chi connectivity index (χ1) is 6.91. The third kappa shape index (κ3) is 11.7. The Bertz CT molecular complexity index is 118. The molecule has 0 aromatic heterocycles. The van der Waals surface area contributed by atoms with Crippen LogP contribution in [-0.4, -0.2) is 13.1 Å². The Morgan fingerprint density at radius 2 is 1.57 bits per heavy atom. The third-order valence-electron chi connectivity index (χ3n) is 2.30. The van der Waals surface area contributed by atoms with Crippen LogP contribution in [0, 0.1) is 0 Å². The van der Waals surface area contributed by atoms with Crippen molar-refractivity contribution in [1.82, 2.24) is 5.32 Å². The van der Waals surface area contributed by atoms with Crippen molar-refractivity contribution in [2.24, 2.45) is 0 Å². The molecule has 0 N–H and O–H groups in total. The van der Waals surface area contributed by atoms with E-state index in [4.69, 9.17) is 0 Å². The number of hydrogen-bond acceptors (Lipinski definition) is 0. The quantitative estimate of drug-likeness (QED) is 0.371. The molecule has 83 valence electrons. The van der Waals surface area contributed by atoms with Crippen LogP contribution in [0.2, 0.25) is 0 Å². The van der Waals surface area contributed by atoms with Gasteiger partial charge in [0.1, 0.15) is 0 Å². The van der Waals surface area contributed by atoms with Gasteiger partial charge in [-0.25, -0.2) is 5.32 Å². The minimum Gasteiger partial charge on any atom is -0.238 e. The summed E-state index contributed by atoms with van der Waals surface area (Å²) in [6.07, 6.45) is 13.6. The normalized spacial score (nSPS) is 11.3. The Labute approximate surface area is 90.0 Å². The van der Waals surface area contributed by atoms with Crippen molar-refractivity contribution in [2.45, 2.75) is 58.8 Å². The molecule has 0 saturated heterocycles. The van der Waals surface area contributed by atoms with E-state index in [1.165, 1.54) is 44.9 Å². The second-order valence-electron chi connectivity index (χ2n) is 3.80. The van der Waals surface area contributed by atoms with Crippen LogP contribution < -0.4 is 5.32 Å². The fourth-order valence-corrected chi connectivity index (χ4v) is 1.34. The molecule has 0 aromatic carbocycles. The summed E-state index contributed by atoms with van der Waals surface area (Å²) in [4.78, 5) is 0. The minimum atomic E-state index is 0.926. The van der Waals surface area contributed by atoms with Crippen LogP contribution in [0.5, 0.6) is 0 Å². The first-order valence-corrected chi connectivity index (χ1v) is 6.20. The van der Waals surface area contributed by atoms with Crippen LogP contribution in [0.4, 0.5) is 0 Å². The van der Waals surface area contributed by atoms with Gasteiger partial charge in [0.25, 0.3) is 0 Å². The summed E-state index contributed by atoms with van der Waals surface area (Å²) in [5.41, 5.74) is 0. The lowest BCUT2D eigenvalue weighted by Gasteiger charge is -1.97. The van der Waals surface area contributed by atoms with E-state index < -0.39 is 0 Å². The van der Waals surface area contributed by atoms with E-state index in [0.29, 0.717) is 0 Å². The van der Waals surface area contributed by atoms with Gasteiger partial charge in [-0.2, -0.15) is 0 Å². The van der Waals surface area contributed by atoms with Gasteiger partial charge in [0.15, 0.2) is 0 Å². The van der Waals surface area contributed by atoms with Crippen molar-refractivity contribution in [1.29, 1.82) is 0 Å². The monoisotopic (exact) mass is 196 g/mol. The lowest BCUT2D eigenvalue weighted by atomic mass is 10.2. The molecule has 0 fully saturated rings. The summed E-state index contributed by atoms with van der Waals surface area (Å²) in [5, 5.41) is 4.44. The molecular weight excluding hydrogens is 170 g/mol. The maximum absolute atomic E-state index is 4.44. The first-order valence-electron chi connectivity index (χ1n) is 6.20. The molecule has 0 aliphatic carbocycles. The number of nitrogens with zero attached hydrogens (tertiary/aromatic N) is 1. The fraction of sp³-hybridized carbons (Fsp3) is 0.846. The highest BCUT2D eigenvalue weighted by molar-refractivity contribution is 4.83. The van der Waals surface area contributed by atoms with Crippen molar-refractivity contribution in [3.8, 4) is 0 Å². The average molecular weight is 196 g/mol. The second-order valence-corrected chi connectivity index (χ2v) is 3.80. The van der Waals surface area contributed by atoms with Crippen molar-refractivity contribution in [3.05, 3.63) is 12.2 Å². The molecule has 14 heavy (non-hydrogen) atoms. The van der Waals surface area contributed by atoms with Crippen molar-refractivity contribution in [3.63, 3.8) is 0 Å². The van der Waals surface area contributed by atoms with E-state index in [1.807, 2.05) is 0 Å². The highest BCUT2D eigenvalue weighted by Gasteiger charge is 1.86. The van der Waals surface area contributed by atoms with Crippen LogP contribution in [0.1, 0.15) is 58.8 Å². The smallest absolute Gasteiger partial charge is 0.0314 e. The van der Waals surface area contributed by atoms with E-state index in [-0.39, 0.29) is 0 Å². The zero-order chi connectivity index (χ0) is 10.5. The first kappa shape index (κ1) is 13.7. The number of rotatable bonds is 10. The van der Waals surface area contributed by atoms with E-state index in [2.05, 4.69) is 31.3 Å². The van der Waals surface area contributed by atoms with Gasteiger partial charge in [0, 0.05) is 13.1 Å². The summed E-state index contributed by atoms with van der Waals surface area (Å²) in [5.74, 6) is 0. The largest absolute Gasteiger partial charge is 0.238 e. The molecule has 0 aliphatic rings. The number of hydrogen-bond donors (Lipinski definition) is 0. The Morgan fingerprint density at radius 1 is 0.857 bits per heavy atom. The van der Waals surface area contributed by atoms with Crippen LogP contribution in [0.25, 0.3) is 0 Å². The highest BCUT2D eigenvalue weighted by Crippen LogP contribution is 1.99. The minimum absolute atomic E-state index is 0.926. The topological polar surface area (TPSA) is 14.1 Å². The molecule has 0 atom stereocenters. The van der Waals surface area contributed by atoms with Gasteiger partial charge in [0.05, 0.1) is 0 Å². The van der Waals surface area contributed by atoms with E-state index >= 15 is 0 Å². The van der Waals surface area contributed by atoms with Gasteiger partial charge < -0.3 is 0 Å². The molecule has 0 amide bonds. The molecule has 0 saturated carbocycles. The molecule has 0 heterocycles. The standard InChI is InChI=1S/C13H26N/c1-3-5-7-8-9-11-13-14-12-10-6-4-2/h9,11H,3-8,10,12-13H2,1-2H3. The average Bonchev–Trinajstić information content (AvgIpc) is 2.21. The van der Waals surface area contributed by atoms with Crippen molar-refractivity contribution < 1.29 is 0 Å². The van der Waals surface area contributed by atoms with E-state index in [0.717, 1.165) is 13.1 Å². The molecule has 0 rings (SSSR count). The second kappa shape index (κ2) is 12.7. The summed E-state index contributed by atoms with van der Waals surface area (Å²) in [6.45, 7) is 6.45. The molecule has 1 radical (unpaired) electrons. The SMILES string of the molecule is CCCCCC=CC[N]CCCCC. The molecule has 0 unspecified atom stereocenters. The summed E-state index contributed by atoms with van der Waals surface area (Å²) in [6, 6.07) is 0.